The van der Waals surface area contributed by atoms with Gasteiger partial charge in [0.05, 0.1) is 11.1 Å². The highest BCUT2D eigenvalue weighted by atomic mass is 16.2. The van der Waals surface area contributed by atoms with E-state index in [1.165, 1.54) is 10.5 Å². The van der Waals surface area contributed by atoms with Crippen molar-refractivity contribution in [1.29, 1.82) is 0 Å². The molecule has 4 heteroatoms. The second-order valence-corrected chi connectivity index (χ2v) is 5.59. The van der Waals surface area contributed by atoms with Crippen molar-refractivity contribution in [1.82, 2.24) is 10.2 Å². The highest BCUT2D eigenvalue weighted by molar-refractivity contribution is 6.21. The SMILES string of the molecule is CNCc1ccc(C#CCCN2C(=O)c3ccccc3C2=O)cc1. The smallest absolute Gasteiger partial charge is 0.261 e. The molecule has 0 saturated carbocycles. The fourth-order valence-corrected chi connectivity index (χ4v) is 2.68. The number of amides is 2. The number of hydrogen-bond donors (Lipinski definition) is 1. The zero-order valence-corrected chi connectivity index (χ0v) is 13.5. The lowest BCUT2D eigenvalue weighted by atomic mass is 10.1. The van der Waals surface area contributed by atoms with Gasteiger partial charge in [0, 0.05) is 25.1 Å². The van der Waals surface area contributed by atoms with Crippen molar-refractivity contribution in [3.63, 3.8) is 0 Å². The first-order valence-corrected chi connectivity index (χ1v) is 7.88. The molecule has 0 fully saturated rings. The van der Waals surface area contributed by atoms with Gasteiger partial charge in [0.2, 0.25) is 0 Å². The summed E-state index contributed by atoms with van der Waals surface area (Å²) in [5.74, 6) is 5.65. The van der Waals surface area contributed by atoms with Crippen LogP contribution in [0.25, 0.3) is 0 Å². The summed E-state index contributed by atoms with van der Waals surface area (Å²) >= 11 is 0. The number of carbonyl (C=O) groups is 2. The molecule has 0 aliphatic carbocycles. The van der Waals surface area contributed by atoms with Crippen molar-refractivity contribution in [3.8, 4) is 11.8 Å². The van der Waals surface area contributed by atoms with Gasteiger partial charge in [-0.05, 0) is 36.9 Å². The molecule has 0 saturated heterocycles. The Kier molecular flexibility index (Phi) is 4.74. The van der Waals surface area contributed by atoms with Gasteiger partial charge in [0.15, 0.2) is 0 Å². The summed E-state index contributed by atoms with van der Waals surface area (Å²) in [6, 6.07) is 14.9. The number of benzene rings is 2. The first-order valence-electron chi connectivity index (χ1n) is 7.88. The second-order valence-electron chi connectivity index (χ2n) is 5.59. The maximum atomic E-state index is 12.2. The summed E-state index contributed by atoms with van der Waals surface area (Å²) in [6.07, 6.45) is 0.462. The molecule has 1 aliphatic heterocycles. The number of hydrogen-bond acceptors (Lipinski definition) is 3. The number of nitrogens with one attached hydrogen (secondary N) is 1. The normalized spacial score (nSPS) is 12.8. The fraction of sp³-hybridized carbons (Fsp3) is 0.200. The first-order chi connectivity index (χ1) is 11.7. The Morgan fingerprint density at radius 3 is 2.17 bits per heavy atom. The van der Waals surface area contributed by atoms with E-state index in [9.17, 15) is 9.59 Å². The largest absolute Gasteiger partial charge is 0.316 e. The molecule has 4 nitrogen and oxygen atoms in total. The summed E-state index contributed by atoms with van der Waals surface area (Å²) < 4.78 is 0. The third-order valence-corrected chi connectivity index (χ3v) is 3.91. The Bertz CT molecular complexity index is 794. The van der Waals surface area contributed by atoms with Crippen molar-refractivity contribution in [2.75, 3.05) is 13.6 Å². The van der Waals surface area contributed by atoms with E-state index < -0.39 is 0 Å². The molecule has 2 amide bonds. The van der Waals surface area contributed by atoms with E-state index in [0.29, 0.717) is 24.1 Å². The Hall–Kier alpha value is -2.90. The molecule has 3 rings (SSSR count). The summed E-state index contributed by atoms with van der Waals surface area (Å²) in [5, 5.41) is 3.10. The van der Waals surface area contributed by atoms with E-state index >= 15 is 0 Å². The molecular weight excluding hydrogens is 300 g/mol. The summed E-state index contributed by atoms with van der Waals surface area (Å²) in [4.78, 5) is 25.7. The van der Waals surface area contributed by atoms with Crippen LogP contribution in [0.4, 0.5) is 0 Å². The van der Waals surface area contributed by atoms with Gasteiger partial charge in [-0.3, -0.25) is 14.5 Å². The van der Waals surface area contributed by atoms with E-state index in [4.69, 9.17) is 0 Å². The standard InChI is InChI=1S/C20H18N2O2/c1-21-14-16-11-9-15(10-12-16)6-4-5-13-22-19(23)17-7-2-3-8-18(17)20(22)24/h2-3,7-12,21H,5,13-14H2,1H3. The lowest BCUT2D eigenvalue weighted by Crippen LogP contribution is -2.30. The maximum Gasteiger partial charge on any atom is 0.261 e. The molecule has 0 unspecified atom stereocenters. The van der Waals surface area contributed by atoms with E-state index in [0.717, 1.165) is 12.1 Å². The second kappa shape index (κ2) is 7.12. The number of nitrogens with zero attached hydrogens (tertiary/aromatic N) is 1. The van der Waals surface area contributed by atoms with Crippen molar-refractivity contribution in [2.45, 2.75) is 13.0 Å². The predicted molar refractivity (Wildman–Crippen MR) is 92.5 cm³/mol. The molecule has 2 aromatic carbocycles. The minimum Gasteiger partial charge on any atom is -0.316 e. The average molecular weight is 318 g/mol. The van der Waals surface area contributed by atoms with Crippen LogP contribution in [0.5, 0.6) is 0 Å². The fourth-order valence-electron chi connectivity index (χ4n) is 2.68. The van der Waals surface area contributed by atoms with Crippen LogP contribution in [0.1, 0.15) is 38.3 Å². The van der Waals surface area contributed by atoms with E-state index in [1.54, 1.807) is 24.3 Å². The van der Waals surface area contributed by atoms with Gasteiger partial charge in [0.1, 0.15) is 0 Å². The zero-order valence-electron chi connectivity index (χ0n) is 13.5. The molecule has 0 aromatic heterocycles. The number of rotatable bonds is 4. The maximum absolute atomic E-state index is 12.2. The van der Waals surface area contributed by atoms with Gasteiger partial charge in [-0.1, -0.05) is 36.1 Å². The van der Waals surface area contributed by atoms with Gasteiger partial charge in [-0.2, -0.15) is 0 Å². The van der Waals surface area contributed by atoms with Crippen LogP contribution in [0.15, 0.2) is 48.5 Å². The van der Waals surface area contributed by atoms with Gasteiger partial charge in [-0.15, -0.1) is 0 Å². The quantitative estimate of drug-likeness (QED) is 0.696. The molecule has 2 aromatic rings. The Balaban J connectivity index is 1.60. The summed E-state index contributed by atoms with van der Waals surface area (Å²) in [6.45, 7) is 1.14. The molecule has 120 valence electrons. The van der Waals surface area contributed by atoms with E-state index in [2.05, 4.69) is 17.2 Å². The molecular formula is C20H18N2O2. The monoisotopic (exact) mass is 318 g/mol. The summed E-state index contributed by atoms with van der Waals surface area (Å²) in [7, 11) is 1.91. The first kappa shape index (κ1) is 16.0. The molecule has 1 aliphatic rings. The molecule has 0 radical (unpaired) electrons. The highest BCUT2D eigenvalue weighted by Crippen LogP contribution is 2.22. The minimum atomic E-state index is -0.228. The number of imide groups is 1. The molecule has 0 bridgehead atoms. The average Bonchev–Trinajstić information content (AvgIpc) is 2.85. The van der Waals surface area contributed by atoms with Gasteiger partial charge < -0.3 is 5.32 Å². The Labute approximate surface area is 141 Å². The van der Waals surface area contributed by atoms with E-state index in [1.807, 2.05) is 31.3 Å². The van der Waals surface area contributed by atoms with Crippen LogP contribution in [0, 0.1) is 11.8 Å². The van der Waals surface area contributed by atoms with Crippen molar-refractivity contribution < 1.29 is 9.59 Å². The lowest BCUT2D eigenvalue weighted by Gasteiger charge is -2.11. The van der Waals surface area contributed by atoms with Gasteiger partial charge in [0.25, 0.3) is 11.8 Å². The van der Waals surface area contributed by atoms with Crippen LogP contribution >= 0.6 is 0 Å². The van der Waals surface area contributed by atoms with Crippen molar-refractivity contribution in [2.24, 2.45) is 0 Å². The molecule has 24 heavy (non-hydrogen) atoms. The zero-order chi connectivity index (χ0) is 16.9. The third kappa shape index (κ3) is 3.22. The number of carbonyl (C=O) groups excluding carboxylic acids is 2. The van der Waals surface area contributed by atoms with Crippen LogP contribution < -0.4 is 5.32 Å². The van der Waals surface area contributed by atoms with Crippen LogP contribution in [-0.2, 0) is 6.54 Å². The van der Waals surface area contributed by atoms with Crippen molar-refractivity contribution in [3.05, 3.63) is 70.8 Å². The van der Waals surface area contributed by atoms with Crippen LogP contribution in [-0.4, -0.2) is 30.3 Å². The molecule has 1 N–H and O–H groups in total. The van der Waals surface area contributed by atoms with Gasteiger partial charge in [-0.25, -0.2) is 0 Å². The van der Waals surface area contributed by atoms with Crippen LogP contribution in [0.3, 0.4) is 0 Å². The summed E-state index contributed by atoms with van der Waals surface area (Å²) in [5.41, 5.74) is 3.09. The number of fused-ring (bicyclic) bond motifs is 1. The van der Waals surface area contributed by atoms with E-state index in [-0.39, 0.29) is 11.8 Å². The minimum absolute atomic E-state index is 0.228. The molecule has 0 spiro atoms. The molecule has 0 atom stereocenters. The predicted octanol–water partition coefficient (Wildman–Crippen LogP) is 2.44. The Morgan fingerprint density at radius 2 is 1.58 bits per heavy atom. The van der Waals surface area contributed by atoms with Gasteiger partial charge >= 0.3 is 0 Å². The third-order valence-electron chi connectivity index (χ3n) is 3.91. The van der Waals surface area contributed by atoms with Crippen LogP contribution in [0.2, 0.25) is 0 Å². The van der Waals surface area contributed by atoms with Crippen molar-refractivity contribution >= 4 is 11.8 Å². The molecule has 1 heterocycles. The Morgan fingerprint density at radius 1 is 0.958 bits per heavy atom. The lowest BCUT2D eigenvalue weighted by molar-refractivity contribution is 0.0658. The highest BCUT2D eigenvalue weighted by Gasteiger charge is 2.34. The topological polar surface area (TPSA) is 49.4 Å².